The molecule has 0 spiro atoms. The number of hydrogen-bond donors (Lipinski definition) is 1. The summed E-state index contributed by atoms with van der Waals surface area (Å²) in [6.07, 6.45) is -3.69. The number of halogens is 6. The summed E-state index contributed by atoms with van der Waals surface area (Å²) in [6, 6.07) is 2.65. The van der Waals surface area contributed by atoms with Crippen LogP contribution in [0.4, 0.5) is 13.2 Å². The van der Waals surface area contributed by atoms with Gasteiger partial charge in [0.1, 0.15) is 5.75 Å². The van der Waals surface area contributed by atoms with Gasteiger partial charge in [0.15, 0.2) is 0 Å². The smallest absolute Gasteiger partial charge is 0.417 e. The second kappa shape index (κ2) is 8.12. The van der Waals surface area contributed by atoms with Crippen LogP contribution >= 0.6 is 36.4 Å². The molecule has 23 heavy (non-hydrogen) atoms. The average Bonchev–Trinajstić information content (AvgIpc) is 2.47. The van der Waals surface area contributed by atoms with Gasteiger partial charge in [-0.3, -0.25) is 4.90 Å². The molecule has 0 aromatic heterocycles. The van der Waals surface area contributed by atoms with E-state index in [4.69, 9.17) is 16.3 Å². The number of nitrogens with one attached hydrogen (secondary N) is 1. The molecule has 1 saturated heterocycles. The van der Waals surface area contributed by atoms with Gasteiger partial charge in [-0.05, 0) is 6.07 Å². The van der Waals surface area contributed by atoms with E-state index in [-0.39, 0.29) is 41.6 Å². The molecule has 3 nitrogen and oxygen atoms in total. The maximum absolute atomic E-state index is 12.9. The summed E-state index contributed by atoms with van der Waals surface area (Å²) in [4.78, 5) is 2.28. The van der Waals surface area contributed by atoms with E-state index < -0.39 is 11.7 Å². The normalized spacial score (nSPS) is 21.5. The number of hydrogen-bond acceptors (Lipinski definition) is 3. The molecule has 0 amide bonds. The maximum Gasteiger partial charge on any atom is 0.417 e. The molecule has 0 bridgehead atoms. The van der Waals surface area contributed by atoms with Crippen molar-refractivity contribution in [3.05, 3.63) is 28.3 Å². The van der Waals surface area contributed by atoms with Gasteiger partial charge in [0.2, 0.25) is 0 Å². The Hall–Kier alpha value is -0.400. The Bertz CT molecular complexity index is 537. The van der Waals surface area contributed by atoms with Crippen LogP contribution in [0.3, 0.4) is 0 Å². The highest BCUT2D eigenvalue weighted by molar-refractivity contribution is 6.33. The molecule has 1 aromatic rings. The molecule has 2 aliphatic rings. The third kappa shape index (κ3) is 4.17. The Morgan fingerprint density at radius 1 is 1.17 bits per heavy atom. The van der Waals surface area contributed by atoms with Crippen LogP contribution in [-0.2, 0) is 6.18 Å². The molecule has 9 heteroatoms. The molecule has 1 N–H and O–H groups in total. The van der Waals surface area contributed by atoms with Gasteiger partial charge in [0.25, 0.3) is 0 Å². The molecular weight excluding hydrogens is 376 g/mol. The Morgan fingerprint density at radius 2 is 1.83 bits per heavy atom. The topological polar surface area (TPSA) is 24.5 Å². The molecule has 1 aromatic carbocycles. The van der Waals surface area contributed by atoms with Crippen LogP contribution in [-0.4, -0.2) is 37.7 Å². The molecule has 2 heterocycles. The van der Waals surface area contributed by atoms with Gasteiger partial charge in [-0.15, -0.1) is 24.8 Å². The lowest BCUT2D eigenvalue weighted by Gasteiger charge is -2.38. The molecule has 2 aliphatic heterocycles. The zero-order valence-electron chi connectivity index (χ0n) is 12.2. The number of alkyl halides is 3. The van der Waals surface area contributed by atoms with Crippen LogP contribution in [0.15, 0.2) is 12.1 Å². The lowest BCUT2D eigenvalue weighted by atomic mass is 9.96. The number of fused-ring (bicyclic) bond motifs is 1. The number of ether oxygens (including phenoxy) is 1. The highest BCUT2D eigenvalue weighted by atomic mass is 35.5. The summed E-state index contributed by atoms with van der Waals surface area (Å²) in [7, 11) is 0. The molecule has 0 saturated carbocycles. The van der Waals surface area contributed by atoms with Gasteiger partial charge in [-0.2, -0.15) is 13.2 Å². The van der Waals surface area contributed by atoms with E-state index in [9.17, 15) is 13.2 Å². The van der Waals surface area contributed by atoms with Crippen molar-refractivity contribution in [1.29, 1.82) is 0 Å². The molecule has 132 valence electrons. The molecule has 1 unspecified atom stereocenters. The molecular formula is C14H18Cl3F3N2O. The Kier molecular flexibility index (Phi) is 7.29. The van der Waals surface area contributed by atoms with E-state index in [1.165, 1.54) is 6.07 Å². The number of benzene rings is 1. The highest BCUT2D eigenvalue weighted by Crippen LogP contribution is 2.46. The van der Waals surface area contributed by atoms with Crippen molar-refractivity contribution >= 4 is 36.4 Å². The van der Waals surface area contributed by atoms with Crippen LogP contribution in [0.1, 0.15) is 23.6 Å². The van der Waals surface area contributed by atoms with Crippen LogP contribution in [0, 0.1) is 0 Å². The summed E-state index contributed by atoms with van der Waals surface area (Å²) in [6.45, 7) is 3.93. The number of piperazine rings is 1. The van der Waals surface area contributed by atoms with Gasteiger partial charge in [0.05, 0.1) is 17.2 Å². The maximum atomic E-state index is 12.9. The lowest BCUT2D eigenvalue weighted by molar-refractivity contribution is -0.137. The molecule has 3 rings (SSSR count). The van der Waals surface area contributed by atoms with Crippen molar-refractivity contribution in [1.82, 2.24) is 10.2 Å². The fraction of sp³-hybridized carbons (Fsp3) is 0.571. The number of rotatable bonds is 1. The van der Waals surface area contributed by atoms with Crippen molar-refractivity contribution in [2.24, 2.45) is 0 Å². The fourth-order valence-electron chi connectivity index (χ4n) is 3.00. The van der Waals surface area contributed by atoms with Gasteiger partial charge in [-0.25, -0.2) is 0 Å². The second-order valence-corrected chi connectivity index (χ2v) is 5.66. The van der Waals surface area contributed by atoms with Crippen LogP contribution < -0.4 is 10.1 Å². The first kappa shape index (κ1) is 20.6. The largest absolute Gasteiger partial charge is 0.492 e. The van der Waals surface area contributed by atoms with Crippen molar-refractivity contribution in [3.63, 3.8) is 0 Å². The van der Waals surface area contributed by atoms with E-state index in [0.717, 1.165) is 44.2 Å². The second-order valence-electron chi connectivity index (χ2n) is 5.28. The van der Waals surface area contributed by atoms with Crippen molar-refractivity contribution in [3.8, 4) is 5.75 Å². The monoisotopic (exact) mass is 392 g/mol. The molecule has 0 aliphatic carbocycles. The van der Waals surface area contributed by atoms with E-state index in [1.54, 1.807) is 0 Å². The van der Waals surface area contributed by atoms with E-state index in [0.29, 0.717) is 6.61 Å². The first-order valence-corrected chi connectivity index (χ1v) is 7.33. The lowest BCUT2D eigenvalue weighted by Crippen LogP contribution is -2.46. The Labute approximate surface area is 150 Å². The van der Waals surface area contributed by atoms with E-state index in [1.807, 2.05) is 0 Å². The van der Waals surface area contributed by atoms with Crippen molar-refractivity contribution < 1.29 is 17.9 Å². The zero-order chi connectivity index (χ0) is 15.0. The summed E-state index contributed by atoms with van der Waals surface area (Å²) in [5, 5.41) is 2.95. The summed E-state index contributed by atoms with van der Waals surface area (Å²) in [5.74, 6) is 0.196. The Morgan fingerprint density at radius 3 is 2.43 bits per heavy atom. The molecule has 1 fully saturated rings. The van der Waals surface area contributed by atoms with E-state index in [2.05, 4.69) is 10.2 Å². The highest BCUT2D eigenvalue weighted by Gasteiger charge is 2.37. The molecule has 1 atom stereocenters. The van der Waals surface area contributed by atoms with Gasteiger partial charge >= 0.3 is 6.18 Å². The predicted octanol–water partition coefficient (Wildman–Crippen LogP) is 3.93. The minimum atomic E-state index is -4.46. The van der Waals surface area contributed by atoms with Crippen LogP contribution in [0.5, 0.6) is 5.75 Å². The van der Waals surface area contributed by atoms with Gasteiger partial charge < -0.3 is 10.1 Å². The van der Waals surface area contributed by atoms with Gasteiger partial charge in [0, 0.05) is 44.2 Å². The third-order valence-electron chi connectivity index (χ3n) is 4.02. The quantitative estimate of drug-likeness (QED) is 0.782. The average molecular weight is 394 g/mol. The zero-order valence-corrected chi connectivity index (χ0v) is 14.5. The van der Waals surface area contributed by atoms with Crippen LogP contribution in [0.25, 0.3) is 0 Å². The SMILES string of the molecule is Cl.Cl.FC(F)(F)c1ccc2c(c1Cl)OCCC2N1CCNCC1. The predicted molar refractivity (Wildman–Crippen MR) is 88.2 cm³/mol. The van der Waals surface area contributed by atoms with Crippen molar-refractivity contribution in [2.45, 2.75) is 18.6 Å². The summed E-state index contributed by atoms with van der Waals surface area (Å²) >= 11 is 5.94. The summed E-state index contributed by atoms with van der Waals surface area (Å²) in [5.41, 5.74) is -0.0648. The number of nitrogens with zero attached hydrogens (tertiary/aromatic N) is 1. The van der Waals surface area contributed by atoms with Crippen LogP contribution in [0.2, 0.25) is 5.02 Å². The van der Waals surface area contributed by atoms with E-state index >= 15 is 0 Å². The third-order valence-corrected chi connectivity index (χ3v) is 4.40. The Balaban J connectivity index is 0.00000132. The first-order chi connectivity index (χ1) is 9.98. The fourth-order valence-corrected chi connectivity index (χ4v) is 3.33. The summed E-state index contributed by atoms with van der Waals surface area (Å²) < 4.78 is 44.2. The molecule has 0 radical (unpaired) electrons. The first-order valence-electron chi connectivity index (χ1n) is 6.95. The minimum absolute atomic E-state index is 0. The van der Waals surface area contributed by atoms with Gasteiger partial charge in [-0.1, -0.05) is 17.7 Å². The standard InChI is InChI=1S/C14H16ClF3N2O.2ClH/c15-12-10(14(16,17)18)2-1-9-11(3-8-21-13(9)12)20-6-4-19-5-7-20;;/h1-2,11,19H,3-8H2;2*1H. The van der Waals surface area contributed by atoms with Crippen molar-refractivity contribution in [2.75, 3.05) is 32.8 Å². The minimum Gasteiger partial charge on any atom is -0.492 e.